The molecule has 0 saturated carbocycles. The standard InChI is InChI=1S/C17H21N3/c1-13(18-2)17-8-7-16(11-19-17)20-10-9-14-5-3-4-6-15(14)12-20/h3-8,11,13,18H,9-10,12H2,1-2H3. The molecule has 2 heterocycles. The van der Waals surface area contributed by atoms with Gasteiger partial charge in [0.1, 0.15) is 0 Å². The topological polar surface area (TPSA) is 28.2 Å². The second kappa shape index (κ2) is 5.63. The van der Waals surface area contributed by atoms with E-state index in [-0.39, 0.29) is 0 Å². The molecule has 0 saturated heterocycles. The summed E-state index contributed by atoms with van der Waals surface area (Å²) >= 11 is 0. The Bertz CT molecular complexity index is 577. The van der Waals surface area contributed by atoms with E-state index in [1.54, 1.807) is 0 Å². The average molecular weight is 267 g/mol. The Morgan fingerprint density at radius 2 is 1.95 bits per heavy atom. The Labute approximate surface area is 120 Å². The van der Waals surface area contributed by atoms with Gasteiger partial charge in [-0.1, -0.05) is 24.3 Å². The quantitative estimate of drug-likeness (QED) is 0.927. The fourth-order valence-corrected chi connectivity index (χ4v) is 2.70. The van der Waals surface area contributed by atoms with Crippen molar-refractivity contribution in [3.8, 4) is 0 Å². The number of aromatic nitrogens is 1. The lowest BCUT2D eigenvalue weighted by molar-refractivity contribution is 0.632. The second-order valence-corrected chi connectivity index (χ2v) is 5.39. The van der Waals surface area contributed by atoms with Crippen LogP contribution in [0.1, 0.15) is 29.8 Å². The summed E-state index contributed by atoms with van der Waals surface area (Å²) in [4.78, 5) is 6.98. The van der Waals surface area contributed by atoms with Gasteiger partial charge in [0.15, 0.2) is 0 Å². The van der Waals surface area contributed by atoms with Gasteiger partial charge in [0.2, 0.25) is 0 Å². The SMILES string of the molecule is CNC(C)c1ccc(N2CCc3ccccc3C2)cn1. The second-order valence-electron chi connectivity index (χ2n) is 5.39. The molecule has 3 nitrogen and oxygen atoms in total. The highest BCUT2D eigenvalue weighted by molar-refractivity contribution is 5.48. The molecule has 1 aromatic heterocycles. The van der Waals surface area contributed by atoms with E-state index in [2.05, 4.69) is 58.5 Å². The predicted octanol–water partition coefficient (Wildman–Crippen LogP) is 2.92. The minimum atomic E-state index is 0.297. The van der Waals surface area contributed by atoms with E-state index in [4.69, 9.17) is 0 Å². The van der Waals surface area contributed by atoms with Gasteiger partial charge in [-0.2, -0.15) is 0 Å². The first kappa shape index (κ1) is 13.1. The predicted molar refractivity (Wildman–Crippen MR) is 82.9 cm³/mol. The van der Waals surface area contributed by atoms with Crippen molar-refractivity contribution in [2.24, 2.45) is 0 Å². The third-order valence-corrected chi connectivity index (χ3v) is 4.14. The first-order chi connectivity index (χ1) is 9.78. The van der Waals surface area contributed by atoms with Gasteiger partial charge in [0.05, 0.1) is 17.6 Å². The Hall–Kier alpha value is -1.87. The Morgan fingerprint density at radius 1 is 1.15 bits per heavy atom. The molecule has 0 radical (unpaired) electrons. The maximum atomic E-state index is 4.58. The number of benzene rings is 1. The largest absolute Gasteiger partial charge is 0.366 e. The van der Waals surface area contributed by atoms with E-state index < -0.39 is 0 Å². The van der Waals surface area contributed by atoms with Gasteiger partial charge < -0.3 is 10.2 Å². The molecule has 0 bridgehead atoms. The third-order valence-electron chi connectivity index (χ3n) is 4.14. The van der Waals surface area contributed by atoms with E-state index in [1.807, 2.05) is 13.2 Å². The van der Waals surface area contributed by atoms with E-state index >= 15 is 0 Å². The van der Waals surface area contributed by atoms with E-state index in [9.17, 15) is 0 Å². The van der Waals surface area contributed by atoms with Crippen molar-refractivity contribution in [1.82, 2.24) is 10.3 Å². The zero-order valence-electron chi connectivity index (χ0n) is 12.1. The number of nitrogens with one attached hydrogen (secondary N) is 1. The van der Waals surface area contributed by atoms with Crippen LogP contribution in [-0.4, -0.2) is 18.6 Å². The third kappa shape index (κ3) is 2.54. The van der Waals surface area contributed by atoms with Crippen LogP contribution in [-0.2, 0) is 13.0 Å². The molecule has 0 fully saturated rings. The van der Waals surface area contributed by atoms with Gasteiger partial charge in [-0.25, -0.2) is 0 Å². The number of hydrogen-bond donors (Lipinski definition) is 1. The fourth-order valence-electron chi connectivity index (χ4n) is 2.70. The summed E-state index contributed by atoms with van der Waals surface area (Å²) < 4.78 is 0. The van der Waals surface area contributed by atoms with E-state index in [0.717, 1.165) is 25.2 Å². The lowest BCUT2D eigenvalue weighted by Crippen LogP contribution is -2.30. The van der Waals surface area contributed by atoms with Crippen LogP contribution in [0.15, 0.2) is 42.6 Å². The van der Waals surface area contributed by atoms with Crippen molar-refractivity contribution in [3.63, 3.8) is 0 Å². The Kier molecular flexibility index (Phi) is 3.70. The molecule has 1 N–H and O–H groups in total. The van der Waals surface area contributed by atoms with Crippen molar-refractivity contribution >= 4 is 5.69 Å². The lowest BCUT2D eigenvalue weighted by atomic mass is 9.99. The van der Waals surface area contributed by atoms with Crippen molar-refractivity contribution in [2.75, 3.05) is 18.5 Å². The summed E-state index contributed by atoms with van der Waals surface area (Å²) in [6.07, 6.45) is 3.11. The minimum Gasteiger partial charge on any atom is -0.366 e. The minimum absolute atomic E-state index is 0.297. The Balaban J connectivity index is 1.78. The van der Waals surface area contributed by atoms with Gasteiger partial charge in [0.25, 0.3) is 0 Å². The molecule has 2 aromatic rings. The van der Waals surface area contributed by atoms with Crippen molar-refractivity contribution in [2.45, 2.75) is 25.9 Å². The Morgan fingerprint density at radius 3 is 2.65 bits per heavy atom. The normalized spacial score (nSPS) is 15.8. The summed E-state index contributed by atoms with van der Waals surface area (Å²) in [7, 11) is 1.96. The summed E-state index contributed by atoms with van der Waals surface area (Å²) in [6, 6.07) is 13.3. The molecule has 1 aliphatic heterocycles. The number of nitrogens with zero attached hydrogens (tertiary/aromatic N) is 2. The number of pyridine rings is 1. The van der Waals surface area contributed by atoms with Crippen LogP contribution in [0.25, 0.3) is 0 Å². The maximum Gasteiger partial charge on any atom is 0.0571 e. The summed E-state index contributed by atoms with van der Waals surface area (Å²) in [6.45, 7) is 4.18. The molecule has 104 valence electrons. The molecule has 1 unspecified atom stereocenters. The molecule has 0 aliphatic carbocycles. The van der Waals surface area contributed by atoms with Crippen LogP contribution in [0.5, 0.6) is 0 Å². The van der Waals surface area contributed by atoms with Gasteiger partial charge in [0, 0.05) is 19.1 Å². The van der Waals surface area contributed by atoms with Crippen LogP contribution >= 0.6 is 0 Å². The summed E-state index contributed by atoms with van der Waals surface area (Å²) in [5.74, 6) is 0. The van der Waals surface area contributed by atoms with Gasteiger partial charge >= 0.3 is 0 Å². The maximum absolute atomic E-state index is 4.58. The van der Waals surface area contributed by atoms with E-state index in [0.29, 0.717) is 6.04 Å². The van der Waals surface area contributed by atoms with Crippen LogP contribution in [0, 0.1) is 0 Å². The van der Waals surface area contributed by atoms with Crippen molar-refractivity contribution in [1.29, 1.82) is 0 Å². The molecule has 3 heteroatoms. The molecular formula is C17H21N3. The summed E-state index contributed by atoms with van der Waals surface area (Å²) in [5, 5.41) is 3.22. The molecule has 0 amide bonds. The van der Waals surface area contributed by atoms with Crippen LogP contribution < -0.4 is 10.2 Å². The molecule has 1 aromatic carbocycles. The van der Waals surface area contributed by atoms with Crippen molar-refractivity contribution in [3.05, 3.63) is 59.4 Å². The molecule has 0 spiro atoms. The zero-order chi connectivity index (χ0) is 13.9. The summed E-state index contributed by atoms with van der Waals surface area (Å²) in [5.41, 5.74) is 5.23. The zero-order valence-corrected chi connectivity index (χ0v) is 12.1. The highest BCUT2D eigenvalue weighted by Gasteiger charge is 2.16. The number of anilines is 1. The highest BCUT2D eigenvalue weighted by Crippen LogP contribution is 2.24. The fraction of sp³-hybridized carbons (Fsp3) is 0.353. The molecule has 1 aliphatic rings. The number of hydrogen-bond acceptors (Lipinski definition) is 3. The first-order valence-corrected chi connectivity index (χ1v) is 7.23. The van der Waals surface area contributed by atoms with E-state index in [1.165, 1.54) is 16.8 Å². The monoisotopic (exact) mass is 267 g/mol. The average Bonchev–Trinajstić information content (AvgIpc) is 2.54. The highest BCUT2D eigenvalue weighted by atomic mass is 15.1. The van der Waals surface area contributed by atoms with Crippen LogP contribution in [0.2, 0.25) is 0 Å². The molecular weight excluding hydrogens is 246 g/mol. The van der Waals surface area contributed by atoms with Crippen LogP contribution in [0.3, 0.4) is 0 Å². The smallest absolute Gasteiger partial charge is 0.0571 e. The van der Waals surface area contributed by atoms with Crippen LogP contribution in [0.4, 0.5) is 5.69 Å². The van der Waals surface area contributed by atoms with Crippen molar-refractivity contribution < 1.29 is 0 Å². The molecule has 20 heavy (non-hydrogen) atoms. The van der Waals surface area contributed by atoms with Gasteiger partial charge in [-0.3, -0.25) is 4.98 Å². The molecule has 3 rings (SSSR count). The first-order valence-electron chi connectivity index (χ1n) is 7.23. The van der Waals surface area contributed by atoms with Gasteiger partial charge in [-0.05, 0) is 43.7 Å². The molecule has 1 atom stereocenters. The number of fused-ring (bicyclic) bond motifs is 1. The number of rotatable bonds is 3. The van der Waals surface area contributed by atoms with Gasteiger partial charge in [-0.15, -0.1) is 0 Å². The lowest BCUT2D eigenvalue weighted by Gasteiger charge is -2.30.